The second-order valence-corrected chi connectivity index (χ2v) is 5.78. The molecule has 0 bridgehead atoms. The van der Waals surface area contributed by atoms with Gasteiger partial charge >= 0.3 is 0 Å². The smallest absolute Gasteiger partial charge is 0.243 e. The van der Waals surface area contributed by atoms with Gasteiger partial charge in [-0.25, -0.2) is 0 Å². The van der Waals surface area contributed by atoms with Crippen molar-refractivity contribution in [1.29, 1.82) is 0 Å². The molecule has 4 nitrogen and oxygen atoms in total. The van der Waals surface area contributed by atoms with E-state index in [4.69, 9.17) is 0 Å². The minimum absolute atomic E-state index is 0.0798. The molecule has 0 saturated carbocycles. The predicted molar refractivity (Wildman–Crippen MR) is 87.4 cm³/mol. The highest BCUT2D eigenvalue weighted by atomic mass is 32.2. The van der Waals surface area contributed by atoms with Crippen LogP contribution < -0.4 is 5.32 Å². The van der Waals surface area contributed by atoms with Crippen LogP contribution in [0.4, 0.5) is 0 Å². The summed E-state index contributed by atoms with van der Waals surface area (Å²) in [5.41, 5.74) is 0.999. The van der Waals surface area contributed by atoms with Gasteiger partial charge in [-0.3, -0.25) is 9.78 Å². The molecule has 2 rings (SSSR count). The Morgan fingerprint density at radius 3 is 2.81 bits per heavy atom. The van der Waals surface area contributed by atoms with E-state index in [9.17, 15) is 4.79 Å². The molecule has 2 aromatic rings. The average Bonchev–Trinajstić information content (AvgIpc) is 3.03. The Balaban J connectivity index is 1.86. The van der Waals surface area contributed by atoms with Crippen molar-refractivity contribution in [2.45, 2.75) is 18.9 Å². The SMILES string of the molecule is CSCC[C@H](C(=O)NCCc1ccccn1)n1cccc1. The summed E-state index contributed by atoms with van der Waals surface area (Å²) in [5.74, 6) is 1.05. The molecule has 2 heterocycles. The molecule has 0 aromatic carbocycles. The molecule has 1 amide bonds. The normalized spacial score (nSPS) is 12.0. The highest BCUT2D eigenvalue weighted by molar-refractivity contribution is 7.98. The summed E-state index contributed by atoms with van der Waals surface area (Å²) in [6.45, 7) is 0.618. The fourth-order valence-electron chi connectivity index (χ4n) is 2.18. The lowest BCUT2D eigenvalue weighted by atomic mass is 10.2. The Morgan fingerprint density at radius 2 is 2.14 bits per heavy atom. The van der Waals surface area contributed by atoms with Gasteiger partial charge in [-0.1, -0.05) is 6.07 Å². The monoisotopic (exact) mass is 303 g/mol. The van der Waals surface area contributed by atoms with Crippen LogP contribution in [0, 0.1) is 0 Å². The van der Waals surface area contributed by atoms with E-state index in [1.54, 1.807) is 18.0 Å². The van der Waals surface area contributed by atoms with Crippen LogP contribution in [0.15, 0.2) is 48.9 Å². The third-order valence-electron chi connectivity index (χ3n) is 3.29. The molecule has 0 saturated heterocycles. The lowest BCUT2D eigenvalue weighted by Gasteiger charge is -2.18. The fourth-order valence-corrected chi connectivity index (χ4v) is 2.64. The van der Waals surface area contributed by atoms with Crippen LogP contribution in [0.1, 0.15) is 18.2 Å². The van der Waals surface area contributed by atoms with Crippen LogP contribution in [0.2, 0.25) is 0 Å². The van der Waals surface area contributed by atoms with Crippen molar-refractivity contribution < 1.29 is 4.79 Å². The largest absolute Gasteiger partial charge is 0.354 e. The van der Waals surface area contributed by atoms with Gasteiger partial charge in [0, 0.05) is 37.3 Å². The van der Waals surface area contributed by atoms with Gasteiger partial charge in [0.15, 0.2) is 0 Å². The third-order valence-corrected chi connectivity index (χ3v) is 3.94. The summed E-state index contributed by atoms with van der Waals surface area (Å²) in [5, 5.41) is 3.02. The van der Waals surface area contributed by atoms with Gasteiger partial charge in [0.2, 0.25) is 5.91 Å². The number of hydrogen-bond donors (Lipinski definition) is 1. The van der Waals surface area contributed by atoms with E-state index in [0.29, 0.717) is 6.54 Å². The Hall–Kier alpha value is -1.75. The van der Waals surface area contributed by atoms with Crippen molar-refractivity contribution >= 4 is 17.7 Å². The van der Waals surface area contributed by atoms with E-state index in [1.165, 1.54) is 0 Å². The summed E-state index contributed by atoms with van der Waals surface area (Å²) >= 11 is 1.76. The summed E-state index contributed by atoms with van der Waals surface area (Å²) in [4.78, 5) is 16.6. The summed E-state index contributed by atoms with van der Waals surface area (Å²) in [7, 11) is 0. The molecule has 21 heavy (non-hydrogen) atoms. The lowest BCUT2D eigenvalue weighted by Crippen LogP contribution is -2.34. The first kappa shape index (κ1) is 15.6. The van der Waals surface area contributed by atoms with Gasteiger partial charge in [-0.05, 0) is 42.7 Å². The molecule has 2 aromatic heterocycles. The Labute approximate surface area is 130 Å². The van der Waals surface area contributed by atoms with E-state index >= 15 is 0 Å². The van der Waals surface area contributed by atoms with Gasteiger partial charge in [-0.2, -0.15) is 11.8 Å². The number of amides is 1. The molecule has 0 radical (unpaired) electrons. The van der Waals surface area contributed by atoms with E-state index < -0.39 is 0 Å². The zero-order chi connectivity index (χ0) is 14.9. The average molecular weight is 303 g/mol. The van der Waals surface area contributed by atoms with E-state index in [1.807, 2.05) is 47.3 Å². The number of nitrogens with one attached hydrogen (secondary N) is 1. The Morgan fingerprint density at radius 1 is 1.33 bits per heavy atom. The molecule has 1 N–H and O–H groups in total. The predicted octanol–water partition coefficient (Wildman–Crippen LogP) is 2.54. The molecule has 1 atom stereocenters. The maximum Gasteiger partial charge on any atom is 0.243 e. The molecule has 5 heteroatoms. The van der Waals surface area contributed by atoms with E-state index in [0.717, 1.165) is 24.3 Å². The van der Waals surface area contributed by atoms with Gasteiger partial charge < -0.3 is 9.88 Å². The Bertz CT molecular complexity index is 528. The summed E-state index contributed by atoms with van der Waals surface area (Å²) < 4.78 is 1.98. The van der Waals surface area contributed by atoms with Crippen LogP contribution in [0.3, 0.4) is 0 Å². The molecule has 0 spiro atoms. The molecule has 0 fully saturated rings. The number of carbonyl (C=O) groups is 1. The highest BCUT2D eigenvalue weighted by Crippen LogP contribution is 2.15. The molecule has 0 unspecified atom stereocenters. The first-order valence-electron chi connectivity index (χ1n) is 7.10. The lowest BCUT2D eigenvalue weighted by molar-refractivity contribution is -0.124. The summed E-state index contributed by atoms with van der Waals surface area (Å²) in [6.07, 6.45) is 9.33. The molecule has 112 valence electrons. The zero-order valence-corrected chi connectivity index (χ0v) is 13.1. The van der Waals surface area contributed by atoms with E-state index in [-0.39, 0.29) is 11.9 Å². The molecule has 0 aliphatic heterocycles. The minimum atomic E-state index is -0.129. The number of hydrogen-bond acceptors (Lipinski definition) is 3. The number of rotatable bonds is 8. The van der Waals surface area contributed by atoms with Gasteiger partial charge in [0.25, 0.3) is 0 Å². The van der Waals surface area contributed by atoms with Crippen LogP contribution in [-0.2, 0) is 11.2 Å². The number of pyridine rings is 1. The number of nitrogens with zero attached hydrogens (tertiary/aromatic N) is 2. The topological polar surface area (TPSA) is 46.9 Å². The van der Waals surface area contributed by atoms with Crippen LogP contribution in [-0.4, -0.2) is 34.0 Å². The second-order valence-electron chi connectivity index (χ2n) is 4.79. The van der Waals surface area contributed by atoms with Crippen LogP contribution in [0.5, 0.6) is 0 Å². The standard InChI is InChI=1S/C16H21N3OS/c1-21-13-8-15(19-11-4-5-12-19)16(20)18-10-7-14-6-2-3-9-17-14/h2-6,9,11-12,15H,7-8,10,13H2,1H3,(H,18,20)/t15-/m1/s1. The van der Waals surface area contributed by atoms with Gasteiger partial charge in [0.05, 0.1) is 0 Å². The van der Waals surface area contributed by atoms with E-state index in [2.05, 4.69) is 16.6 Å². The van der Waals surface area contributed by atoms with Crippen molar-refractivity contribution in [1.82, 2.24) is 14.9 Å². The van der Waals surface area contributed by atoms with Crippen molar-refractivity contribution in [3.8, 4) is 0 Å². The number of thioether (sulfide) groups is 1. The number of carbonyl (C=O) groups excluding carboxylic acids is 1. The first-order valence-corrected chi connectivity index (χ1v) is 8.49. The second kappa shape index (κ2) is 8.52. The molecular formula is C16H21N3OS. The van der Waals surface area contributed by atoms with Gasteiger partial charge in [-0.15, -0.1) is 0 Å². The summed E-state index contributed by atoms with van der Waals surface area (Å²) in [6, 6.07) is 9.61. The third kappa shape index (κ3) is 4.93. The van der Waals surface area contributed by atoms with Crippen molar-refractivity contribution in [3.63, 3.8) is 0 Å². The first-order chi connectivity index (χ1) is 10.3. The fraction of sp³-hybridized carbons (Fsp3) is 0.375. The van der Waals surface area contributed by atoms with Crippen molar-refractivity contribution in [2.24, 2.45) is 0 Å². The zero-order valence-electron chi connectivity index (χ0n) is 12.2. The molecule has 0 aliphatic carbocycles. The maximum atomic E-state index is 12.4. The highest BCUT2D eigenvalue weighted by Gasteiger charge is 2.18. The molecule has 0 aliphatic rings. The van der Waals surface area contributed by atoms with Gasteiger partial charge in [0.1, 0.15) is 6.04 Å². The van der Waals surface area contributed by atoms with Crippen LogP contribution >= 0.6 is 11.8 Å². The molecular weight excluding hydrogens is 282 g/mol. The van der Waals surface area contributed by atoms with Crippen LogP contribution in [0.25, 0.3) is 0 Å². The maximum absolute atomic E-state index is 12.4. The minimum Gasteiger partial charge on any atom is -0.354 e. The quantitative estimate of drug-likeness (QED) is 0.815. The van der Waals surface area contributed by atoms with Crippen molar-refractivity contribution in [2.75, 3.05) is 18.6 Å². The Kier molecular flexibility index (Phi) is 6.34. The number of aromatic nitrogens is 2. The van der Waals surface area contributed by atoms with Crippen molar-refractivity contribution in [3.05, 3.63) is 54.6 Å².